The molecule has 0 spiro atoms. The SMILES string of the molecule is C[C@@H]1CCCCN1CCNC(=O)CC[C@H]1CCCN(C(=O)Nc2ccc(F)cc2)C1. The van der Waals surface area contributed by atoms with Crippen molar-refractivity contribution in [1.82, 2.24) is 15.1 Å². The number of carbonyl (C=O) groups is 2. The largest absolute Gasteiger partial charge is 0.355 e. The van der Waals surface area contributed by atoms with Crippen LogP contribution >= 0.6 is 0 Å². The van der Waals surface area contributed by atoms with Crippen LogP contribution in [0.1, 0.15) is 51.9 Å². The molecule has 0 unspecified atom stereocenters. The third-order valence-electron chi connectivity index (χ3n) is 6.34. The number of urea groups is 1. The predicted octanol–water partition coefficient (Wildman–Crippen LogP) is 3.84. The Morgan fingerprint density at radius 2 is 1.90 bits per heavy atom. The first-order chi connectivity index (χ1) is 14.5. The Hall–Kier alpha value is -2.15. The molecule has 0 aliphatic carbocycles. The van der Waals surface area contributed by atoms with Crippen LogP contribution in [0.4, 0.5) is 14.9 Å². The number of nitrogens with zero attached hydrogens (tertiary/aromatic N) is 2. The highest BCUT2D eigenvalue weighted by molar-refractivity contribution is 5.89. The van der Waals surface area contributed by atoms with Gasteiger partial charge in [0.25, 0.3) is 0 Å². The van der Waals surface area contributed by atoms with Crippen molar-refractivity contribution in [2.45, 2.75) is 57.9 Å². The molecule has 0 aromatic heterocycles. The number of hydrogen-bond donors (Lipinski definition) is 2. The molecule has 166 valence electrons. The number of benzene rings is 1. The second-order valence-corrected chi connectivity index (χ2v) is 8.66. The van der Waals surface area contributed by atoms with E-state index in [1.165, 1.54) is 31.4 Å². The zero-order valence-corrected chi connectivity index (χ0v) is 18.0. The lowest BCUT2D eigenvalue weighted by Gasteiger charge is -2.33. The molecule has 6 nitrogen and oxygen atoms in total. The topological polar surface area (TPSA) is 64.7 Å². The molecule has 1 aromatic rings. The van der Waals surface area contributed by atoms with Gasteiger partial charge < -0.3 is 15.5 Å². The summed E-state index contributed by atoms with van der Waals surface area (Å²) in [5.74, 6) is 0.118. The van der Waals surface area contributed by atoms with Gasteiger partial charge in [-0.15, -0.1) is 0 Å². The minimum atomic E-state index is -0.324. The van der Waals surface area contributed by atoms with E-state index in [9.17, 15) is 14.0 Å². The zero-order chi connectivity index (χ0) is 21.3. The van der Waals surface area contributed by atoms with E-state index in [-0.39, 0.29) is 17.8 Å². The van der Waals surface area contributed by atoms with Gasteiger partial charge in [0.15, 0.2) is 0 Å². The number of piperidine rings is 2. The van der Waals surface area contributed by atoms with Crippen molar-refractivity contribution >= 4 is 17.6 Å². The van der Waals surface area contributed by atoms with E-state index in [1.807, 2.05) is 0 Å². The van der Waals surface area contributed by atoms with Crippen LogP contribution in [0.5, 0.6) is 0 Å². The molecule has 2 atom stereocenters. The smallest absolute Gasteiger partial charge is 0.321 e. The number of hydrogen-bond acceptors (Lipinski definition) is 3. The van der Waals surface area contributed by atoms with E-state index in [4.69, 9.17) is 0 Å². The molecule has 3 amide bonds. The molecule has 7 heteroatoms. The molecule has 2 aliphatic rings. The van der Waals surface area contributed by atoms with Gasteiger partial charge in [0.1, 0.15) is 5.82 Å². The van der Waals surface area contributed by atoms with Crippen LogP contribution in [0, 0.1) is 11.7 Å². The van der Waals surface area contributed by atoms with Crippen LogP contribution in [0.2, 0.25) is 0 Å². The number of likely N-dealkylation sites (tertiary alicyclic amines) is 2. The van der Waals surface area contributed by atoms with E-state index in [0.29, 0.717) is 43.7 Å². The highest BCUT2D eigenvalue weighted by Gasteiger charge is 2.24. The molecule has 0 radical (unpaired) electrons. The molecule has 3 rings (SSSR count). The Morgan fingerprint density at radius 1 is 1.10 bits per heavy atom. The maximum absolute atomic E-state index is 13.0. The monoisotopic (exact) mass is 418 g/mol. The maximum atomic E-state index is 13.0. The Morgan fingerprint density at radius 3 is 2.67 bits per heavy atom. The van der Waals surface area contributed by atoms with Crippen LogP contribution in [-0.4, -0.2) is 60.5 Å². The Labute approximate surface area is 179 Å². The first-order valence-electron chi connectivity index (χ1n) is 11.3. The third-order valence-corrected chi connectivity index (χ3v) is 6.34. The Bertz CT molecular complexity index is 697. The molecular weight excluding hydrogens is 383 g/mol. The van der Waals surface area contributed by atoms with Crippen molar-refractivity contribution in [3.05, 3.63) is 30.1 Å². The van der Waals surface area contributed by atoms with Gasteiger partial charge in [-0.1, -0.05) is 6.42 Å². The molecule has 2 saturated heterocycles. The van der Waals surface area contributed by atoms with Crippen molar-refractivity contribution < 1.29 is 14.0 Å². The summed E-state index contributed by atoms with van der Waals surface area (Å²) >= 11 is 0. The normalized spacial score (nSPS) is 22.5. The van der Waals surface area contributed by atoms with Gasteiger partial charge in [0.05, 0.1) is 0 Å². The summed E-state index contributed by atoms with van der Waals surface area (Å²) < 4.78 is 13.0. The van der Waals surface area contributed by atoms with Crippen molar-refractivity contribution in [1.29, 1.82) is 0 Å². The van der Waals surface area contributed by atoms with Crippen molar-refractivity contribution in [3.63, 3.8) is 0 Å². The van der Waals surface area contributed by atoms with E-state index in [1.54, 1.807) is 17.0 Å². The molecule has 0 bridgehead atoms. The summed E-state index contributed by atoms with van der Waals surface area (Å²) in [4.78, 5) is 29.0. The van der Waals surface area contributed by atoms with E-state index in [2.05, 4.69) is 22.5 Å². The fourth-order valence-corrected chi connectivity index (χ4v) is 4.47. The molecule has 1 aromatic carbocycles. The van der Waals surface area contributed by atoms with Crippen LogP contribution < -0.4 is 10.6 Å². The Kier molecular flexibility index (Phi) is 8.49. The first-order valence-corrected chi connectivity index (χ1v) is 11.3. The lowest BCUT2D eigenvalue weighted by Crippen LogP contribution is -2.43. The van der Waals surface area contributed by atoms with E-state index < -0.39 is 0 Å². The average molecular weight is 419 g/mol. The second kappa shape index (κ2) is 11.3. The highest BCUT2D eigenvalue weighted by atomic mass is 19.1. The summed E-state index contributed by atoms with van der Waals surface area (Å²) in [7, 11) is 0. The lowest BCUT2D eigenvalue weighted by atomic mass is 9.93. The molecule has 2 fully saturated rings. The first kappa shape index (κ1) is 22.5. The van der Waals surface area contributed by atoms with Gasteiger partial charge in [-0.3, -0.25) is 9.69 Å². The summed E-state index contributed by atoms with van der Waals surface area (Å²) in [5.41, 5.74) is 0.589. The fraction of sp³-hybridized carbons (Fsp3) is 0.652. The van der Waals surface area contributed by atoms with Crippen molar-refractivity contribution in [2.75, 3.05) is 38.0 Å². The number of rotatable bonds is 7. The molecule has 2 aliphatic heterocycles. The van der Waals surface area contributed by atoms with Gasteiger partial charge in [-0.05, 0) is 75.8 Å². The standard InChI is InChI=1S/C23H35FN4O2/c1-18-5-2-3-14-27(18)16-13-25-22(29)12-7-19-6-4-15-28(17-19)23(30)26-21-10-8-20(24)9-11-21/h8-11,18-19H,2-7,12-17H2,1H3,(H,25,29)(H,26,30)/t18-,19-/m1/s1. The number of anilines is 1. The highest BCUT2D eigenvalue weighted by Crippen LogP contribution is 2.22. The second-order valence-electron chi connectivity index (χ2n) is 8.66. The minimum Gasteiger partial charge on any atom is -0.355 e. The molecular formula is C23H35FN4O2. The average Bonchev–Trinajstić information content (AvgIpc) is 2.75. The van der Waals surface area contributed by atoms with Crippen molar-refractivity contribution in [2.24, 2.45) is 5.92 Å². The zero-order valence-electron chi connectivity index (χ0n) is 18.0. The summed E-state index contributed by atoms with van der Waals surface area (Å²) in [5, 5.41) is 5.88. The number of carbonyl (C=O) groups excluding carboxylic acids is 2. The van der Waals surface area contributed by atoms with Gasteiger partial charge in [0, 0.05) is 44.3 Å². The fourth-order valence-electron chi connectivity index (χ4n) is 4.47. The van der Waals surface area contributed by atoms with E-state index in [0.717, 1.165) is 32.4 Å². The van der Waals surface area contributed by atoms with Gasteiger partial charge in [-0.2, -0.15) is 0 Å². The number of amides is 3. The summed E-state index contributed by atoms with van der Waals surface area (Å²) in [6.45, 7) is 6.40. The third kappa shape index (κ3) is 6.97. The quantitative estimate of drug-likeness (QED) is 0.707. The molecule has 2 heterocycles. The number of nitrogens with one attached hydrogen (secondary N) is 2. The van der Waals surface area contributed by atoms with Gasteiger partial charge in [0.2, 0.25) is 5.91 Å². The van der Waals surface area contributed by atoms with Crippen LogP contribution in [0.3, 0.4) is 0 Å². The minimum absolute atomic E-state index is 0.104. The van der Waals surface area contributed by atoms with Gasteiger partial charge >= 0.3 is 6.03 Å². The predicted molar refractivity (Wildman–Crippen MR) is 117 cm³/mol. The molecule has 2 N–H and O–H groups in total. The summed E-state index contributed by atoms with van der Waals surface area (Å²) in [6, 6.07) is 6.24. The number of halogens is 1. The van der Waals surface area contributed by atoms with Crippen LogP contribution in [-0.2, 0) is 4.79 Å². The van der Waals surface area contributed by atoms with Crippen LogP contribution in [0.25, 0.3) is 0 Å². The molecule has 30 heavy (non-hydrogen) atoms. The summed E-state index contributed by atoms with van der Waals surface area (Å²) in [6.07, 6.45) is 7.10. The van der Waals surface area contributed by atoms with Crippen LogP contribution in [0.15, 0.2) is 24.3 Å². The van der Waals surface area contributed by atoms with Crippen molar-refractivity contribution in [3.8, 4) is 0 Å². The molecule has 0 saturated carbocycles. The maximum Gasteiger partial charge on any atom is 0.321 e. The van der Waals surface area contributed by atoms with Gasteiger partial charge in [-0.25, -0.2) is 9.18 Å². The van der Waals surface area contributed by atoms with E-state index >= 15 is 0 Å². The lowest BCUT2D eigenvalue weighted by molar-refractivity contribution is -0.121. The Balaban J connectivity index is 1.34.